The Morgan fingerprint density at radius 1 is 1.25 bits per heavy atom. The van der Waals surface area contributed by atoms with Crippen LogP contribution in [0.25, 0.3) is 10.6 Å². The molecule has 0 bridgehead atoms. The van der Waals surface area contributed by atoms with E-state index in [4.69, 9.17) is 0 Å². The van der Waals surface area contributed by atoms with E-state index in [1.807, 2.05) is 18.2 Å². The lowest BCUT2D eigenvalue weighted by Crippen LogP contribution is -2.21. The second-order valence-electron chi connectivity index (χ2n) is 5.18. The minimum Gasteiger partial charge on any atom is -0.316 e. The fourth-order valence-electron chi connectivity index (χ4n) is 1.85. The second kappa shape index (κ2) is 7.86. The average Bonchev–Trinajstić information content (AvgIpc) is 2.87. The molecule has 20 heavy (non-hydrogen) atoms. The Hall–Kier alpha value is -0.780. The minimum atomic E-state index is 0.707. The van der Waals surface area contributed by atoms with Crippen LogP contribution in [0.15, 0.2) is 28.7 Å². The molecule has 2 rings (SSSR count). The number of nitrogens with zero attached hydrogens (tertiary/aromatic N) is 2. The van der Waals surface area contributed by atoms with Crippen molar-refractivity contribution in [2.75, 3.05) is 13.1 Å². The van der Waals surface area contributed by atoms with Crippen LogP contribution in [0.3, 0.4) is 0 Å². The number of hydrogen-bond acceptors (Lipinski definition) is 4. The van der Waals surface area contributed by atoms with Crippen LogP contribution in [0, 0.1) is 5.92 Å². The second-order valence-corrected chi connectivity index (χ2v) is 7.10. The molecule has 1 heterocycles. The van der Waals surface area contributed by atoms with Crippen LogP contribution < -0.4 is 5.32 Å². The van der Waals surface area contributed by atoms with E-state index >= 15 is 0 Å². The van der Waals surface area contributed by atoms with Crippen LogP contribution >= 0.6 is 27.3 Å². The molecule has 2 aromatic rings. The summed E-state index contributed by atoms with van der Waals surface area (Å²) in [4.78, 5) is 0. The van der Waals surface area contributed by atoms with Crippen molar-refractivity contribution in [1.29, 1.82) is 0 Å². The number of rotatable bonds is 7. The van der Waals surface area contributed by atoms with Crippen molar-refractivity contribution in [2.24, 2.45) is 5.92 Å². The smallest absolute Gasteiger partial charge is 0.148 e. The fourth-order valence-corrected chi connectivity index (χ4v) is 3.38. The number of aryl methyl sites for hydroxylation is 1. The zero-order valence-corrected chi connectivity index (χ0v) is 14.3. The van der Waals surface area contributed by atoms with Gasteiger partial charge in [-0.05, 0) is 31.5 Å². The molecule has 0 aliphatic carbocycles. The number of benzene rings is 1. The summed E-state index contributed by atoms with van der Waals surface area (Å²) in [6.45, 7) is 6.57. The van der Waals surface area contributed by atoms with Crippen molar-refractivity contribution < 1.29 is 0 Å². The van der Waals surface area contributed by atoms with Gasteiger partial charge in [-0.25, -0.2) is 0 Å². The molecule has 1 N–H and O–H groups in total. The Kier molecular flexibility index (Phi) is 6.13. The molecular weight excluding hydrogens is 334 g/mol. The lowest BCUT2D eigenvalue weighted by molar-refractivity contribution is 0.542. The van der Waals surface area contributed by atoms with Crippen molar-refractivity contribution in [3.05, 3.63) is 33.7 Å². The van der Waals surface area contributed by atoms with E-state index in [0.29, 0.717) is 5.92 Å². The van der Waals surface area contributed by atoms with E-state index in [1.54, 1.807) is 11.3 Å². The first kappa shape index (κ1) is 15.6. The van der Waals surface area contributed by atoms with E-state index in [9.17, 15) is 0 Å². The van der Waals surface area contributed by atoms with Crippen LogP contribution in [0.2, 0.25) is 0 Å². The topological polar surface area (TPSA) is 37.8 Å². The molecule has 3 nitrogen and oxygen atoms in total. The highest BCUT2D eigenvalue weighted by Crippen LogP contribution is 2.30. The molecule has 0 fully saturated rings. The van der Waals surface area contributed by atoms with Gasteiger partial charge in [0.05, 0.1) is 0 Å². The maximum atomic E-state index is 4.29. The minimum absolute atomic E-state index is 0.707. The van der Waals surface area contributed by atoms with Gasteiger partial charge in [-0.1, -0.05) is 59.3 Å². The van der Waals surface area contributed by atoms with Crippen molar-refractivity contribution in [1.82, 2.24) is 15.5 Å². The molecule has 0 aliphatic rings. The van der Waals surface area contributed by atoms with Crippen LogP contribution in [0.1, 0.15) is 25.3 Å². The monoisotopic (exact) mass is 353 g/mol. The molecule has 0 amide bonds. The number of hydrogen-bond donors (Lipinski definition) is 1. The van der Waals surface area contributed by atoms with E-state index in [0.717, 1.165) is 46.0 Å². The predicted molar refractivity (Wildman–Crippen MR) is 89.1 cm³/mol. The molecule has 0 aliphatic heterocycles. The normalized spacial score (nSPS) is 11.2. The highest BCUT2D eigenvalue weighted by atomic mass is 79.9. The number of halogens is 1. The van der Waals surface area contributed by atoms with Gasteiger partial charge in [0.25, 0.3) is 0 Å². The first-order valence-corrected chi connectivity index (χ1v) is 8.55. The summed E-state index contributed by atoms with van der Waals surface area (Å²) in [6, 6.07) is 8.14. The third kappa shape index (κ3) is 4.65. The summed E-state index contributed by atoms with van der Waals surface area (Å²) in [5, 5.41) is 14.1. The zero-order chi connectivity index (χ0) is 14.4. The SMILES string of the molecule is CC(C)CNCCCc1nnc(-c2ccccc2Br)s1. The summed E-state index contributed by atoms with van der Waals surface area (Å²) >= 11 is 5.24. The lowest BCUT2D eigenvalue weighted by Gasteiger charge is -2.05. The number of nitrogens with one attached hydrogen (secondary N) is 1. The molecule has 5 heteroatoms. The Morgan fingerprint density at radius 3 is 2.80 bits per heavy atom. The molecular formula is C15H20BrN3S. The molecule has 0 radical (unpaired) electrons. The van der Waals surface area contributed by atoms with E-state index in [2.05, 4.69) is 51.4 Å². The summed E-state index contributed by atoms with van der Waals surface area (Å²) in [7, 11) is 0. The fraction of sp³-hybridized carbons (Fsp3) is 0.467. The first-order chi connectivity index (χ1) is 9.66. The average molecular weight is 354 g/mol. The highest BCUT2D eigenvalue weighted by Gasteiger charge is 2.09. The van der Waals surface area contributed by atoms with Crippen LogP contribution in [-0.4, -0.2) is 23.3 Å². The van der Waals surface area contributed by atoms with Crippen molar-refractivity contribution in [3.8, 4) is 10.6 Å². The van der Waals surface area contributed by atoms with Crippen molar-refractivity contribution >= 4 is 27.3 Å². The standard InChI is InChI=1S/C15H20BrN3S/c1-11(2)10-17-9-5-8-14-18-19-15(20-14)12-6-3-4-7-13(12)16/h3-4,6-7,11,17H,5,8-10H2,1-2H3. The number of aromatic nitrogens is 2. The zero-order valence-electron chi connectivity index (χ0n) is 11.9. The van der Waals surface area contributed by atoms with Crippen LogP contribution in [0.5, 0.6) is 0 Å². The summed E-state index contributed by atoms with van der Waals surface area (Å²) in [5.74, 6) is 0.707. The Morgan fingerprint density at radius 2 is 2.05 bits per heavy atom. The molecule has 0 spiro atoms. The third-order valence-corrected chi connectivity index (χ3v) is 4.58. The maximum absolute atomic E-state index is 4.29. The molecule has 0 unspecified atom stereocenters. The van der Waals surface area contributed by atoms with Crippen molar-refractivity contribution in [3.63, 3.8) is 0 Å². The van der Waals surface area contributed by atoms with E-state index in [1.165, 1.54) is 0 Å². The van der Waals surface area contributed by atoms with Gasteiger partial charge in [-0.2, -0.15) is 0 Å². The van der Waals surface area contributed by atoms with E-state index < -0.39 is 0 Å². The van der Waals surface area contributed by atoms with Gasteiger partial charge < -0.3 is 5.32 Å². The molecule has 0 saturated carbocycles. The summed E-state index contributed by atoms with van der Waals surface area (Å²) in [5.41, 5.74) is 1.12. The Labute approximate surface area is 133 Å². The highest BCUT2D eigenvalue weighted by molar-refractivity contribution is 9.10. The van der Waals surface area contributed by atoms with Gasteiger partial charge in [0.15, 0.2) is 0 Å². The summed E-state index contributed by atoms with van der Waals surface area (Å²) in [6.07, 6.45) is 2.10. The molecule has 108 valence electrons. The largest absolute Gasteiger partial charge is 0.316 e. The van der Waals surface area contributed by atoms with E-state index in [-0.39, 0.29) is 0 Å². The Bertz CT molecular complexity index is 539. The van der Waals surface area contributed by atoms with Gasteiger partial charge in [-0.15, -0.1) is 10.2 Å². The van der Waals surface area contributed by atoms with Gasteiger partial charge in [0, 0.05) is 16.5 Å². The maximum Gasteiger partial charge on any atom is 0.148 e. The van der Waals surface area contributed by atoms with Gasteiger partial charge in [-0.3, -0.25) is 0 Å². The molecule has 0 saturated heterocycles. The quantitative estimate of drug-likeness (QED) is 0.759. The lowest BCUT2D eigenvalue weighted by atomic mass is 10.2. The van der Waals surface area contributed by atoms with Gasteiger partial charge in [0.2, 0.25) is 0 Å². The summed E-state index contributed by atoms with van der Waals surface area (Å²) < 4.78 is 1.07. The predicted octanol–water partition coefficient (Wildman–Crippen LogP) is 4.15. The first-order valence-electron chi connectivity index (χ1n) is 6.95. The Balaban J connectivity index is 1.85. The van der Waals surface area contributed by atoms with Crippen LogP contribution in [0.4, 0.5) is 0 Å². The van der Waals surface area contributed by atoms with Gasteiger partial charge >= 0.3 is 0 Å². The third-order valence-electron chi connectivity index (χ3n) is 2.87. The molecule has 0 atom stereocenters. The molecule has 1 aromatic carbocycles. The van der Waals surface area contributed by atoms with Crippen LogP contribution in [-0.2, 0) is 6.42 Å². The van der Waals surface area contributed by atoms with Gasteiger partial charge in [0.1, 0.15) is 10.0 Å². The molecule has 1 aromatic heterocycles. The van der Waals surface area contributed by atoms with Crippen molar-refractivity contribution in [2.45, 2.75) is 26.7 Å².